The summed E-state index contributed by atoms with van der Waals surface area (Å²) in [4.78, 5) is 4.20. The zero-order chi connectivity index (χ0) is 20.1. The van der Waals surface area contributed by atoms with Crippen molar-refractivity contribution in [1.82, 2.24) is 19.7 Å². The fourth-order valence-corrected chi connectivity index (χ4v) is 3.94. The van der Waals surface area contributed by atoms with Crippen molar-refractivity contribution in [2.24, 2.45) is 0 Å². The minimum Gasteiger partial charge on any atom is -0.494 e. The minimum atomic E-state index is 0.646. The molecule has 0 unspecified atom stereocenters. The largest absolute Gasteiger partial charge is 0.494 e. The van der Waals surface area contributed by atoms with Crippen molar-refractivity contribution in [3.63, 3.8) is 0 Å². The number of aryl methyl sites for hydroxylation is 1. The lowest BCUT2D eigenvalue weighted by atomic mass is 10.1. The Hall–Kier alpha value is -3.12. The molecule has 0 saturated heterocycles. The maximum atomic E-state index is 5.59. The predicted molar refractivity (Wildman–Crippen MR) is 116 cm³/mol. The molecule has 2 aromatic carbocycles. The molecule has 4 aromatic rings. The summed E-state index contributed by atoms with van der Waals surface area (Å²) in [5, 5.41) is 9.86. The van der Waals surface area contributed by atoms with Crippen LogP contribution in [0.2, 0.25) is 0 Å². The smallest absolute Gasteiger partial charge is 0.196 e. The first-order valence-corrected chi connectivity index (χ1v) is 10.5. The highest BCUT2D eigenvalue weighted by atomic mass is 32.2. The van der Waals surface area contributed by atoms with E-state index in [1.54, 1.807) is 18.0 Å². The molecule has 4 rings (SSSR count). The van der Waals surface area contributed by atoms with E-state index in [1.165, 1.54) is 5.56 Å². The van der Waals surface area contributed by atoms with Gasteiger partial charge < -0.3 is 4.74 Å². The molecular weight excluding hydrogens is 380 g/mol. The summed E-state index contributed by atoms with van der Waals surface area (Å²) >= 11 is 1.65. The van der Waals surface area contributed by atoms with Crippen LogP contribution in [0.1, 0.15) is 18.1 Å². The second-order valence-corrected chi connectivity index (χ2v) is 7.53. The van der Waals surface area contributed by atoms with Crippen molar-refractivity contribution in [3.8, 4) is 22.8 Å². The second kappa shape index (κ2) is 8.92. The quantitative estimate of drug-likeness (QED) is 0.391. The topological polar surface area (TPSA) is 52.8 Å². The number of ether oxygens (including phenoxy) is 1. The zero-order valence-corrected chi connectivity index (χ0v) is 17.3. The van der Waals surface area contributed by atoms with Gasteiger partial charge in [0.15, 0.2) is 11.0 Å². The highest BCUT2D eigenvalue weighted by molar-refractivity contribution is 7.98. The summed E-state index contributed by atoms with van der Waals surface area (Å²) in [5.74, 6) is 2.45. The normalized spacial score (nSPS) is 10.8. The number of nitrogens with zero attached hydrogens (tertiary/aromatic N) is 4. The number of rotatable bonds is 7. The van der Waals surface area contributed by atoms with Gasteiger partial charge >= 0.3 is 0 Å². The molecule has 0 N–H and O–H groups in total. The fourth-order valence-electron chi connectivity index (χ4n) is 3.06. The summed E-state index contributed by atoms with van der Waals surface area (Å²) in [5.41, 5.74) is 4.38. The van der Waals surface area contributed by atoms with Gasteiger partial charge in [0.05, 0.1) is 6.61 Å². The van der Waals surface area contributed by atoms with E-state index in [1.807, 2.05) is 49.5 Å². The number of pyridine rings is 1. The summed E-state index contributed by atoms with van der Waals surface area (Å²) < 4.78 is 7.69. The lowest BCUT2D eigenvalue weighted by molar-refractivity contribution is 0.340. The first-order valence-electron chi connectivity index (χ1n) is 9.52. The Morgan fingerprint density at radius 3 is 2.59 bits per heavy atom. The molecule has 2 aromatic heterocycles. The predicted octanol–water partition coefficient (Wildman–Crippen LogP) is 5.33. The van der Waals surface area contributed by atoms with Crippen LogP contribution in [0.5, 0.6) is 5.75 Å². The van der Waals surface area contributed by atoms with E-state index in [9.17, 15) is 0 Å². The fraction of sp³-hybridized carbons (Fsp3) is 0.174. The zero-order valence-electron chi connectivity index (χ0n) is 16.4. The van der Waals surface area contributed by atoms with Crippen LogP contribution >= 0.6 is 11.8 Å². The Morgan fingerprint density at radius 1 is 1.00 bits per heavy atom. The maximum absolute atomic E-state index is 5.59. The van der Waals surface area contributed by atoms with Crippen LogP contribution in [0.4, 0.5) is 0 Å². The third-order valence-corrected chi connectivity index (χ3v) is 5.41. The van der Waals surface area contributed by atoms with E-state index < -0.39 is 0 Å². The molecular formula is C23H22N4OS. The molecule has 6 heteroatoms. The molecule has 0 spiro atoms. The lowest BCUT2D eigenvalue weighted by Gasteiger charge is -2.12. The number of hydrogen-bond acceptors (Lipinski definition) is 5. The van der Waals surface area contributed by atoms with Crippen molar-refractivity contribution >= 4 is 11.8 Å². The maximum Gasteiger partial charge on any atom is 0.196 e. The van der Waals surface area contributed by atoms with Gasteiger partial charge in [-0.25, -0.2) is 0 Å². The Balaban J connectivity index is 1.73. The van der Waals surface area contributed by atoms with Gasteiger partial charge in [0.25, 0.3) is 0 Å². The molecule has 0 aliphatic rings. The Labute approximate surface area is 174 Å². The molecule has 0 saturated carbocycles. The first-order chi connectivity index (χ1) is 14.2. The van der Waals surface area contributed by atoms with Crippen molar-refractivity contribution in [1.29, 1.82) is 0 Å². The van der Waals surface area contributed by atoms with E-state index in [2.05, 4.69) is 50.9 Å². The minimum absolute atomic E-state index is 0.646. The molecule has 0 radical (unpaired) electrons. The van der Waals surface area contributed by atoms with Gasteiger partial charge in [-0.15, -0.1) is 10.2 Å². The number of thioether (sulfide) groups is 1. The summed E-state index contributed by atoms with van der Waals surface area (Å²) in [6.07, 6.45) is 3.67. The van der Waals surface area contributed by atoms with Crippen LogP contribution in [0.25, 0.3) is 17.1 Å². The van der Waals surface area contributed by atoms with E-state index >= 15 is 0 Å². The van der Waals surface area contributed by atoms with Gasteiger partial charge in [-0.1, -0.05) is 41.6 Å². The molecule has 2 heterocycles. The summed E-state index contributed by atoms with van der Waals surface area (Å²) in [7, 11) is 0. The SMILES string of the molecule is CCOc1ccc(-n2c(SCc3cccnc3)nnc2-c2cccc(C)c2)cc1. The molecule has 0 aliphatic carbocycles. The molecule has 0 fully saturated rings. The number of hydrogen-bond donors (Lipinski definition) is 0. The van der Waals surface area contributed by atoms with E-state index in [0.29, 0.717) is 6.61 Å². The average Bonchev–Trinajstić information content (AvgIpc) is 3.18. The molecule has 146 valence electrons. The monoisotopic (exact) mass is 402 g/mol. The van der Waals surface area contributed by atoms with Crippen molar-refractivity contribution in [2.75, 3.05) is 6.61 Å². The van der Waals surface area contributed by atoms with Crippen LogP contribution in [0.15, 0.2) is 78.2 Å². The lowest BCUT2D eigenvalue weighted by Crippen LogP contribution is -2.00. The highest BCUT2D eigenvalue weighted by Crippen LogP contribution is 2.30. The summed E-state index contributed by atoms with van der Waals surface area (Å²) in [6.45, 7) is 4.71. The number of benzene rings is 2. The van der Waals surface area contributed by atoms with Gasteiger partial charge in [-0.3, -0.25) is 9.55 Å². The third kappa shape index (κ3) is 4.49. The van der Waals surface area contributed by atoms with Crippen molar-refractivity contribution in [2.45, 2.75) is 24.8 Å². The molecule has 5 nitrogen and oxygen atoms in total. The van der Waals surface area contributed by atoms with Crippen LogP contribution in [-0.4, -0.2) is 26.4 Å². The number of aromatic nitrogens is 4. The van der Waals surface area contributed by atoms with Crippen LogP contribution < -0.4 is 4.74 Å². The Bertz CT molecular complexity index is 1080. The van der Waals surface area contributed by atoms with Gasteiger partial charge in [0.2, 0.25) is 0 Å². The second-order valence-electron chi connectivity index (χ2n) is 6.59. The average molecular weight is 403 g/mol. The molecule has 0 aliphatic heterocycles. The van der Waals surface area contributed by atoms with Crippen molar-refractivity contribution < 1.29 is 4.74 Å². The van der Waals surface area contributed by atoms with Crippen LogP contribution in [0.3, 0.4) is 0 Å². The van der Waals surface area contributed by atoms with E-state index in [-0.39, 0.29) is 0 Å². The third-order valence-electron chi connectivity index (χ3n) is 4.41. The Kier molecular flexibility index (Phi) is 5.91. The van der Waals surface area contributed by atoms with Gasteiger partial charge in [0, 0.05) is 29.4 Å². The van der Waals surface area contributed by atoms with Crippen LogP contribution in [-0.2, 0) is 5.75 Å². The van der Waals surface area contributed by atoms with E-state index in [4.69, 9.17) is 4.74 Å². The van der Waals surface area contributed by atoms with Crippen LogP contribution in [0, 0.1) is 6.92 Å². The van der Waals surface area contributed by atoms with Gasteiger partial charge in [0.1, 0.15) is 5.75 Å². The summed E-state index contributed by atoms with van der Waals surface area (Å²) in [6, 6.07) is 20.4. The first kappa shape index (κ1) is 19.2. The standard InChI is InChI=1S/C23H22N4OS/c1-3-28-21-11-9-20(10-12-21)27-22(19-8-4-6-17(2)14-19)25-26-23(27)29-16-18-7-5-13-24-15-18/h4-15H,3,16H2,1-2H3. The van der Waals surface area contributed by atoms with Gasteiger partial charge in [-0.05, 0) is 55.8 Å². The van der Waals surface area contributed by atoms with E-state index in [0.717, 1.165) is 39.3 Å². The Morgan fingerprint density at radius 2 is 1.86 bits per heavy atom. The van der Waals surface area contributed by atoms with Crippen molar-refractivity contribution in [3.05, 3.63) is 84.2 Å². The highest BCUT2D eigenvalue weighted by Gasteiger charge is 2.16. The molecule has 29 heavy (non-hydrogen) atoms. The van der Waals surface area contributed by atoms with Gasteiger partial charge in [-0.2, -0.15) is 0 Å². The molecule has 0 bridgehead atoms. The molecule has 0 atom stereocenters. The molecule has 0 amide bonds.